The number of hydrogen-bond donors (Lipinski definition) is 1. The molecular formula is C15H35N3. The van der Waals surface area contributed by atoms with Crippen molar-refractivity contribution in [3.8, 4) is 0 Å². The van der Waals surface area contributed by atoms with Gasteiger partial charge in [0.2, 0.25) is 0 Å². The van der Waals surface area contributed by atoms with Gasteiger partial charge in [-0.1, -0.05) is 27.7 Å². The molecule has 0 amide bonds. The van der Waals surface area contributed by atoms with Crippen molar-refractivity contribution >= 4 is 0 Å². The molecule has 3 heteroatoms. The number of hydrogen-bond acceptors (Lipinski definition) is 3. The quantitative estimate of drug-likeness (QED) is 0.613. The number of rotatable bonds is 11. The lowest BCUT2D eigenvalue weighted by Crippen LogP contribution is -2.46. The molecular weight excluding hydrogens is 222 g/mol. The normalized spacial score (nSPS) is 13.8. The molecule has 0 fully saturated rings. The summed E-state index contributed by atoms with van der Waals surface area (Å²) >= 11 is 0. The molecule has 0 saturated heterocycles. The molecule has 0 bridgehead atoms. The Morgan fingerprint density at radius 1 is 0.944 bits per heavy atom. The smallest absolute Gasteiger partial charge is 0.0217 e. The molecule has 0 aliphatic carbocycles. The van der Waals surface area contributed by atoms with Crippen molar-refractivity contribution in [3.63, 3.8) is 0 Å². The third-order valence-electron chi connectivity index (χ3n) is 3.32. The largest absolute Gasteiger partial charge is 0.312 e. The Kier molecular flexibility index (Phi) is 10.7. The molecule has 18 heavy (non-hydrogen) atoms. The van der Waals surface area contributed by atoms with E-state index in [1.165, 1.54) is 32.5 Å². The molecule has 0 saturated carbocycles. The van der Waals surface area contributed by atoms with Crippen LogP contribution in [0.25, 0.3) is 0 Å². The van der Waals surface area contributed by atoms with E-state index in [1.54, 1.807) is 0 Å². The predicted octanol–water partition coefficient (Wildman–Crippen LogP) is 2.28. The van der Waals surface area contributed by atoms with Crippen LogP contribution in [0.4, 0.5) is 0 Å². The number of likely N-dealkylation sites (N-methyl/N-ethyl adjacent to an activating group) is 1. The van der Waals surface area contributed by atoms with E-state index in [0.29, 0.717) is 12.0 Å². The van der Waals surface area contributed by atoms with Crippen molar-refractivity contribution in [2.24, 2.45) is 5.92 Å². The molecule has 0 aliphatic heterocycles. The van der Waals surface area contributed by atoms with E-state index in [1.807, 2.05) is 0 Å². The minimum absolute atomic E-state index is 0.624. The second-order valence-corrected chi connectivity index (χ2v) is 5.91. The predicted molar refractivity (Wildman–Crippen MR) is 82.2 cm³/mol. The van der Waals surface area contributed by atoms with Crippen molar-refractivity contribution in [1.82, 2.24) is 15.1 Å². The fourth-order valence-electron chi connectivity index (χ4n) is 2.07. The van der Waals surface area contributed by atoms with Gasteiger partial charge in [0.1, 0.15) is 0 Å². The summed E-state index contributed by atoms with van der Waals surface area (Å²) in [6.07, 6.45) is 2.46. The van der Waals surface area contributed by atoms with Gasteiger partial charge in [0.05, 0.1) is 0 Å². The lowest BCUT2D eigenvalue weighted by molar-refractivity contribution is 0.200. The van der Waals surface area contributed by atoms with Gasteiger partial charge in [-0.3, -0.25) is 0 Å². The molecule has 0 radical (unpaired) electrons. The van der Waals surface area contributed by atoms with Crippen LogP contribution in [0.3, 0.4) is 0 Å². The first-order valence-electron chi connectivity index (χ1n) is 7.61. The topological polar surface area (TPSA) is 18.5 Å². The Morgan fingerprint density at radius 2 is 1.61 bits per heavy atom. The summed E-state index contributed by atoms with van der Waals surface area (Å²) in [6, 6.07) is 0.624. The van der Waals surface area contributed by atoms with Gasteiger partial charge in [-0.2, -0.15) is 0 Å². The minimum atomic E-state index is 0.624. The van der Waals surface area contributed by atoms with Gasteiger partial charge >= 0.3 is 0 Å². The van der Waals surface area contributed by atoms with Crippen LogP contribution in [-0.2, 0) is 0 Å². The lowest BCUT2D eigenvalue weighted by Gasteiger charge is -2.31. The zero-order valence-corrected chi connectivity index (χ0v) is 13.5. The van der Waals surface area contributed by atoms with Crippen LogP contribution < -0.4 is 5.32 Å². The molecule has 0 rings (SSSR count). The van der Waals surface area contributed by atoms with Crippen molar-refractivity contribution in [3.05, 3.63) is 0 Å². The summed E-state index contributed by atoms with van der Waals surface area (Å²) in [5, 5.41) is 3.69. The summed E-state index contributed by atoms with van der Waals surface area (Å²) in [5.74, 6) is 0.704. The SMILES string of the molecule is CCCNC(CN(CCC)CCN(C)C)C(C)C. The second-order valence-electron chi connectivity index (χ2n) is 5.91. The Bertz CT molecular complexity index is 181. The highest BCUT2D eigenvalue weighted by Gasteiger charge is 2.16. The summed E-state index contributed by atoms with van der Waals surface area (Å²) in [4.78, 5) is 4.87. The Morgan fingerprint density at radius 3 is 2.06 bits per heavy atom. The monoisotopic (exact) mass is 257 g/mol. The van der Waals surface area contributed by atoms with Crippen LogP contribution in [0.1, 0.15) is 40.5 Å². The first-order valence-corrected chi connectivity index (χ1v) is 7.61. The summed E-state index contributed by atoms with van der Waals surface area (Å²) < 4.78 is 0. The van der Waals surface area contributed by atoms with Gasteiger partial charge in [-0.25, -0.2) is 0 Å². The molecule has 1 atom stereocenters. The molecule has 1 unspecified atom stereocenters. The van der Waals surface area contributed by atoms with Crippen LogP contribution >= 0.6 is 0 Å². The zero-order valence-electron chi connectivity index (χ0n) is 13.5. The Hall–Kier alpha value is -0.120. The van der Waals surface area contributed by atoms with Gasteiger partial charge in [0.25, 0.3) is 0 Å². The fraction of sp³-hybridized carbons (Fsp3) is 1.00. The van der Waals surface area contributed by atoms with Gasteiger partial charge in [-0.15, -0.1) is 0 Å². The molecule has 3 nitrogen and oxygen atoms in total. The third-order valence-corrected chi connectivity index (χ3v) is 3.32. The molecule has 0 aromatic heterocycles. The first-order chi connectivity index (χ1) is 8.51. The van der Waals surface area contributed by atoms with Crippen LogP contribution in [0, 0.1) is 5.92 Å². The van der Waals surface area contributed by atoms with E-state index in [9.17, 15) is 0 Å². The maximum atomic E-state index is 3.69. The molecule has 0 aromatic rings. The molecule has 0 aromatic carbocycles. The number of nitrogens with zero attached hydrogens (tertiary/aromatic N) is 2. The van der Waals surface area contributed by atoms with Crippen LogP contribution in [0.2, 0.25) is 0 Å². The number of nitrogens with one attached hydrogen (secondary N) is 1. The summed E-state index contributed by atoms with van der Waals surface area (Å²) in [7, 11) is 4.30. The van der Waals surface area contributed by atoms with E-state index in [2.05, 4.69) is 56.9 Å². The minimum Gasteiger partial charge on any atom is -0.312 e. The molecule has 0 aliphatic rings. The first kappa shape index (κ1) is 17.9. The van der Waals surface area contributed by atoms with Gasteiger partial charge in [-0.05, 0) is 45.9 Å². The highest BCUT2D eigenvalue weighted by atomic mass is 15.2. The second kappa shape index (κ2) is 10.8. The van der Waals surface area contributed by atoms with Crippen LogP contribution in [-0.4, -0.2) is 62.7 Å². The maximum absolute atomic E-state index is 3.69. The van der Waals surface area contributed by atoms with E-state index in [0.717, 1.165) is 13.1 Å². The summed E-state index contributed by atoms with van der Waals surface area (Å²) in [5.41, 5.74) is 0. The summed E-state index contributed by atoms with van der Waals surface area (Å²) in [6.45, 7) is 15.0. The molecule has 0 heterocycles. The molecule has 0 spiro atoms. The van der Waals surface area contributed by atoms with Gasteiger partial charge < -0.3 is 15.1 Å². The third kappa shape index (κ3) is 8.90. The lowest BCUT2D eigenvalue weighted by atomic mass is 10.0. The van der Waals surface area contributed by atoms with Crippen molar-refractivity contribution in [1.29, 1.82) is 0 Å². The average molecular weight is 257 g/mol. The van der Waals surface area contributed by atoms with Crippen LogP contribution in [0.5, 0.6) is 0 Å². The van der Waals surface area contributed by atoms with Gasteiger partial charge in [0, 0.05) is 25.7 Å². The maximum Gasteiger partial charge on any atom is 0.0217 e. The molecule has 110 valence electrons. The Balaban J connectivity index is 4.21. The van der Waals surface area contributed by atoms with E-state index in [-0.39, 0.29) is 0 Å². The van der Waals surface area contributed by atoms with Crippen LogP contribution in [0.15, 0.2) is 0 Å². The van der Waals surface area contributed by atoms with Crippen molar-refractivity contribution in [2.45, 2.75) is 46.6 Å². The average Bonchev–Trinajstić information content (AvgIpc) is 2.30. The molecule has 1 N–H and O–H groups in total. The zero-order chi connectivity index (χ0) is 14.0. The standard InChI is InChI=1S/C15H35N3/c1-7-9-16-15(14(3)4)13-18(10-8-2)12-11-17(5)6/h14-16H,7-13H2,1-6H3. The van der Waals surface area contributed by atoms with Crippen molar-refractivity contribution < 1.29 is 0 Å². The van der Waals surface area contributed by atoms with E-state index < -0.39 is 0 Å². The van der Waals surface area contributed by atoms with Gasteiger partial charge in [0.15, 0.2) is 0 Å². The highest BCUT2D eigenvalue weighted by molar-refractivity contribution is 4.75. The van der Waals surface area contributed by atoms with E-state index in [4.69, 9.17) is 0 Å². The van der Waals surface area contributed by atoms with E-state index >= 15 is 0 Å². The fourth-order valence-corrected chi connectivity index (χ4v) is 2.07. The highest BCUT2D eigenvalue weighted by Crippen LogP contribution is 2.05. The Labute approximate surface area is 115 Å². The van der Waals surface area contributed by atoms with Crippen molar-refractivity contribution in [2.75, 3.05) is 46.8 Å².